The van der Waals surface area contributed by atoms with Crippen molar-refractivity contribution in [3.63, 3.8) is 0 Å². The van der Waals surface area contributed by atoms with E-state index in [-0.39, 0.29) is 5.78 Å². The Labute approximate surface area is 66.9 Å². The number of carbonyl (C=O) groups is 1. The number of rotatable bonds is 1. The highest BCUT2D eigenvalue weighted by Gasteiger charge is 1.99. The van der Waals surface area contributed by atoms with Crippen LogP contribution >= 0.6 is 0 Å². The second-order valence-corrected chi connectivity index (χ2v) is 1.94. The van der Waals surface area contributed by atoms with Gasteiger partial charge < -0.3 is 4.98 Å². The van der Waals surface area contributed by atoms with Gasteiger partial charge in [-0.3, -0.25) is 4.79 Å². The van der Waals surface area contributed by atoms with Crippen LogP contribution in [0.1, 0.15) is 37.1 Å². The Balaban J connectivity index is 0.000000461. The molecule has 0 aromatic carbocycles. The maximum Gasteiger partial charge on any atom is 0.177 e. The molecule has 0 atom stereocenters. The fourth-order valence-electron chi connectivity index (χ4n) is 0.600. The Hall–Kier alpha value is -1.12. The van der Waals surface area contributed by atoms with E-state index in [1.807, 2.05) is 20.8 Å². The fourth-order valence-corrected chi connectivity index (χ4v) is 0.600. The van der Waals surface area contributed by atoms with Gasteiger partial charge in [-0.1, -0.05) is 13.8 Å². The summed E-state index contributed by atoms with van der Waals surface area (Å²) in [5.41, 5.74) is 0.576. The standard InChI is InChI=1S/C6H8N2O.C2H6/c1-4(9)6-3-7-5(2)8-6;1-2/h3H,1-2H3,(H,7,8);1-2H3. The molecule has 0 amide bonds. The first-order valence-corrected chi connectivity index (χ1v) is 3.72. The van der Waals surface area contributed by atoms with E-state index >= 15 is 0 Å². The van der Waals surface area contributed by atoms with Gasteiger partial charge in [-0.05, 0) is 6.92 Å². The summed E-state index contributed by atoms with van der Waals surface area (Å²) in [5.74, 6) is 0.802. The maximum atomic E-state index is 10.6. The van der Waals surface area contributed by atoms with Gasteiger partial charge in [0.1, 0.15) is 11.5 Å². The Morgan fingerprint density at radius 1 is 1.55 bits per heavy atom. The number of carbonyl (C=O) groups excluding carboxylic acids is 1. The third-order valence-corrected chi connectivity index (χ3v) is 1.08. The molecule has 0 aliphatic rings. The van der Waals surface area contributed by atoms with Crippen LogP contribution in [0.2, 0.25) is 0 Å². The van der Waals surface area contributed by atoms with Crippen molar-refractivity contribution in [3.05, 3.63) is 17.7 Å². The number of Topliss-reactive ketones (excluding diaryl/α,β-unsaturated/α-hetero) is 1. The van der Waals surface area contributed by atoms with E-state index in [0.717, 1.165) is 5.82 Å². The molecule has 0 unspecified atom stereocenters. The summed E-state index contributed by atoms with van der Waals surface area (Å²) < 4.78 is 0. The summed E-state index contributed by atoms with van der Waals surface area (Å²) in [5, 5.41) is 0. The molecule has 0 fully saturated rings. The van der Waals surface area contributed by atoms with Crippen molar-refractivity contribution in [2.45, 2.75) is 27.7 Å². The van der Waals surface area contributed by atoms with Gasteiger partial charge in [0.25, 0.3) is 0 Å². The molecule has 0 aliphatic heterocycles. The Kier molecular flexibility index (Phi) is 4.18. The number of aromatic amines is 1. The van der Waals surface area contributed by atoms with Gasteiger partial charge in [0.05, 0.1) is 6.20 Å². The molecule has 1 aromatic rings. The minimum Gasteiger partial charge on any atom is -0.340 e. The van der Waals surface area contributed by atoms with Gasteiger partial charge in [0.2, 0.25) is 0 Å². The second kappa shape index (κ2) is 4.66. The Morgan fingerprint density at radius 2 is 2.09 bits per heavy atom. The molecule has 1 rings (SSSR count). The maximum absolute atomic E-state index is 10.6. The van der Waals surface area contributed by atoms with Crippen LogP contribution in [-0.2, 0) is 0 Å². The minimum absolute atomic E-state index is 0.0237. The highest BCUT2D eigenvalue weighted by molar-refractivity contribution is 5.91. The SMILES string of the molecule is CC.CC(=O)c1cnc(C)[nH]1. The topological polar surface area (TPSA) is 45.8 Å². The Bertz CT molecular complexity index is 228. The number of imidazole rings is 1. The van der Waals surface area contributed by atoms with Gasteiger partial charge in [-0.2, -0.15) is 0 Å². The average Bonchev–Trinajstić information content (AvgIpc) is 2.40. The summed E-state index contributed by atoms with van der Waals surface area (Å²) in [6, 6.07) is 0. The lowest BCUT2D eigenvalue weighted by atomic mass is 10.3. The first-order chi connectivity index (χ1) is 5.20. The monoisotopic (exact) mass is 154 g/mol. The van der Waals surface area contributed by atoms with Gasteiger partial charge >= 0.3 is 0 Å². The highest BCUT2D eigenvalue weighted by Crippen LogP contribution is 1.94. The van der Waals surface area contributed by atoms with E-state index < -0.39 is 0 Å². The summed E-state index contributed by atoms with van der Waals surface area (Å²) >= 11 is 0. The van der Waals surface area contributed by atoms with Crippen molar-refractivity contribution in [1.29, 1.82) is 0 Å². The number of nitrogens with one attached hydrogen (secondary N) is 1. The van der Waals surface area contributed by atoms with E-state index in [2.05, 4.69) is 9.97 Å². The first-order valence-electron chi connectivity index (χ1n) is 3.72. The zero-order valence-electron chi connectivity index (χ0n) is 7.43. The number of hydrogen-bond donors (Lipinski definition) is 1. The zero-order chi connectivity index (χ0) is 8.85. The van der Waals surface area contributed by atoms with Gasteiger partial charge in [0, 0.05) is 6.92 Å². The molecule has 11 heavy (non-hydrogen) atoms. The van der Waals surface area contributed by atoms with Crippen LogP contribution in [0.4, 0.5) is 0 Å². The summed E-state index contributed by atoms with van der Waals surface area (Å²) in [4.78, 5) is 17.3. The van der Waals surface area contributed by atoms with E-state index in [1.165, 1.54) is 13.1 Å². The van der Waals surface area contributed by atoms with Gasteiger partial charge in [0.15, 0.2) is 5.78 Å². The van der Waals surface area contributed by atoms with Crippen LogP contribution in [0.3, 0.4) is 0 Å². The lowest BCUT2D eigenvalue weighted by molar-refractivity contribution is 0.101. The average molecular weight is 154 g/mol. The van der Waals surface area contributed by atoms with Crippen LogP contribution in [0.25, 0.3) is 0 Å². The number of aromatic nitrogens is 2. The molecular weight excluding hydrogens is 140 g/mol. The molecule has 0 bridgehead atoms. The molecule has 1 N–H and O–H groups in total. The normalized spacial score (nSPS) is 8.36. The largest absolute Gasteiger partial charge is 0.340 e. The number of H-pyrrole nitrogens is 1. The lowest BCUT2D eigenvalue weighted by Crippen LogP contribution is -1.90. The van der Waals surface area contributed by atoms with E-state index in [4.69, 9.17) is 0 Å². The van der Waals surface area contributed by atoms with E-state index in [1.54, 1.807) is 0 Å². The van der Waals surface area contributed by atoms with Crippen LogP contribution in [0.5, 0.6) is 0 Å². The number of ketones is 1. The molecule has 62 valence electrons. The fraction of sp³-hybridized carbons (Fsp3) is 0.500. The highest BCUT2D eigenvalue weighted by atomic mass is 16.1. The van der Waals surface area contributed by atoms with Crippen LogP contribution in [0.15, 0.2) is 6.20 Å². The molecule has 1 aromatic heterocycles. The molecule has 0 saturated carbocycles. The molecule has 0 radical (unpaired) electrons. The van der Waals surface area contributed by atoms with Gasteiger partial charge in [-0.15, -0.1) is 0 Å². The van der Waals surface area contributed by atoms with Crippen molar-refractivity contribution in [2.75, 3.05) is 0 Å². The van der Waals surface area contributed by atoms with Crippen molar-refractivity contribution < 1.29 is 4.79 Å². The van der Waals surface area contributed by atoms with Crippen molar-refractivity contribution in [2.24, 2.45) is 0 Å². The summed E-state index contributed by atoms with van der Waals surface area (Å²) in [6.45, 7) is 7.32. The summed E-state index contributed by atoms with van der Waals surface area (Å²) in [6.07, 6.45) is 1.54. The molecule has 0 saturated heterocycles. The third-order valence-electron chi connectivity index (χ3n) is 1.08. The summed E-state index contributed by atoms with van der Waals surface area (Å²) in [7, 11) is 0. The zero-order valence-corrected chi connectivity index (χ0v) is 7.43. The quantitative estimate of drug-likeness (QED) is 0.628. The van der Waals surface area contributed by atoms with Crippen molar-refractivity contribution in [3.8, 4) is 0 Å². The lowest BCUT2D eigenvalue weighted by Gasteiger charge is -1.82. The van der Waals surface area contributed by atoms with Crippen molar-refractivity contribution in [1.82, 2.24) is 9.97 Å². The first kappa shape index (κ1) is 9.88. The van der Waals surface area contributed by atoms with E-state index in [0.29, 0.717) is 5.69 Å². The predicted molar refractivity (Wildman–Crippen MR) is 44.7 cm³/mol. The number of nitrogens with zero attached hydrogens (tertiary/aromatic N) is 1. The molecule has 3 heteroatoms. The minimum atomic E-state index is 0.0237. The smallest absolute Gasteiger partial charge is 0.177 e. The van der Waals surface area contributed by atoms with Crippen molar-refractivity contribution >= 4 is 5.78 Å². The van der Waals surface area contributed by atoms with Crippen LogP contribution < -0.4 is 0 Å². The molecule has 3 nitrogen and oxygen atoms in total. The van der Waals surface area contributed by atoms with Gasteiger partial charge in [-0.25, -0.2) is 4.98 Å². The molecular formula is C8H14N2O. The molecule has 0 spiro atoms. The number of aryl methyl sites for hydroxylation is 1. The van der Waals surface area contributed by atoms with Crippen LogP contribution in [-0.4, -0.2) is 15.8 Å². The predicted octanol–water partition coefficient (Wildman–Crippen LogP) is 1.95. The Morgan fingerprint density at radius 3 is 2.27 bits per heavy atom. The van der Waals surface area contributed by atoms with E-state index in [9.17, 15) is 4.79 Å². The third kappa shape index (κ3) is 2.98. The number of hydrogen-bond acceptors (Lipinski definition) is 2. The second-order valence-electron chi connectivity index (χ2n) is 1.94. The van der Waals surface area contributed by atoms with Crippen LogP contribution in [0, 0.1) is 6.92 Å². The molecule has 1 heterocycles. The molecule has 0 aliphatic carbocycles.